The summed E-state index contributed by atoms with van der Waals surface area (Å²) in [5.74, 6) is 0.152. The van der Waals surface area contributed by atoms with Crippen molar-refractivity contribution in [3.63, 3.8) is 0 Å². The van der Waals surface area contributed by atoms with Crippen molar-refractivity contribution in [1.29, 1.82) is 0 Å². The van der Waals surface area contributed by atoms with E-state index in [1.54, 1.807) is 11.3 Å². The smallest absolute Gasteiger partial charge is 0.188 e. The Bertz CT molecular complexity index is 380. The fourth-order valence-corrected chi connectivity index (χ4v) is 3.05. The number of hydrogen-bond donors (Lipinski definition) is 3. The van der Waals surface area contributed by atoms with Crippen LogP contribution in [0.3, 0.4) is 0 Å². The summed E-state index contributed by atoms with van der Waals surface area (Å²) < 4.78 is 0. The van der Waals surface area contributed by atoms with Crippen LogP contribution in [-0.4, -0.2) is 36.8 Å². The number of rotatable bonds is 6. The van der Waals surface area contributed by atoms with Gasteiger partial charge in [-0.2, -0.15) is 0 Å². The molecule has 0 saturated carbocycles. The molecule has 0 amide bonds. The van der Waals surface area contributed by atoms with Crippen molar-refractivity contribution in [3.8, 4) is 0 Å². The van der Waals surface area contributed by atoms with Gasteiger partial charge in [0.1, 0.15) is 0 Å². The molecule has 0 spiro atoms. The van der Waals surface area contributed by atoms with Crippen LogP contribution >= 0.6 is 11.3 Å². The molecule has 1 fully saturated rings. The van der Waals surface area contributed by atoms with Gasteiger partial charge in [-0.05, 0) is 30.7 Å². The Hall–Kier alpha value is -1.11. The lowest BCUT2D eigenvalue weighted by molar-refractivity contribution is 0.142. The van der Waals surface area contributed by atoms with Crippen molar-refractivity contribution >= 4 is 17.3 Å². The third-order valence-corrected chi connectivity index (χ3v) is 4.22. The van der Waals surface area contributed by atoms with Crippen molar-refractivity contribution in [3.05, 3.63) is 22.4 Å². The third-order valence-electron chi connectivity index (χ3n) is 3.29. The van der Waals surface area contributed by atoms with Gasteiger partial charge in [0.25, 0.3) is 0 Å². The molecule has 1 unspecified atom stereocenters. The van der Waals surface area contributed by atoms with E-state index in [9.17, 15) is 0 Å². The summed E-state index contributed by atoms with van der Waals surface area (Å²) in [4.78, 5) is 8.01. The molecule has 1 saturated heterocycles. The summed E-state index contributed by atoms with van der Waals surface area (Å²) in [6.45, 7) is 3.01. The number of aliphatic imine (C=N–C) groups is 1. The molecule has 106 valence electrons. The summed E-state index contributed by atoms with van der Waals surface area (Å²) in [6, 6.07) is 4.24. The first-order valence-corrected chi connectivity index (χ1v) is 7.72. The van der Waals surface area contributed by atoms with E-state index < -0.39 is 0 Å². The zero-order valence-corrected chi connectivity index (χ0v) is 12.0. The first kappa shape index (κ1) is 14.3. The Labute approximate surface area is 118 Å². The van der Waals surface area contributed by atoms with Gasteiger partial charge in [-0.25, -0.2) is 4.99 Å². The van der Waals surface area contributed by atoms with Crippen molar-refractivity contribution in [2.24, 2.45) is 16.5 Å². The van der Waals surface area contributed by atoms with Crippen LogP contribution in [-0.2, 0) is 6.42 Å². The van der Waals surface area contributed by atoms with Crippen LogP contribution in [0.25, 0.3) is 0 Å². The minimum Gasteiger partial charge on any atom is -0.370 e. The Kier molecular flexibility index (Phi) is 5.62. The van der Waals surface area contributed by atoms with Crippen molar-refractivity contribution in [2.75, 3.05) is 19.6 Å². The second kappa shape index (κ2) is 7.47. The van der Waals surface area contributed by atoms with E-state index in [1.165, 1.54) is 24.1 Å². The molecule has 2 rings (SSSR count). The van der Waals surface area contributed by atoms with Crippen LogP contribution in [0.2, 0.25) is 0 Å². The zero-order valence-electron chi connectivity index (χ0n) is 11.2. The molecule has 0 aromatic carbocycles. The minimum atomic E-state index is -0.0785. The largest absolute Gasteiger partial charge is 0.370 e. The molecule has 1 aromatic heterocycles. The number of nitrogens with two attached hydrogens (primary N) is 2. The molecule has 1 aromatic rings. The first-order valence-electron chi connectivity index (χ1n) is 6.84. The molecule has 0 bridgehead atoms. The van der Waals surface area contributed by atoms with Crippen LogP contribution < -0.4 is 16.8 Å². The average molecular weight is 281 g/mol. The lowest BCUT2D eigenvalue weighted by Crippen LogP contribution is -2.49. The van der Waals surface area contributed by atoms with Crippen LogP contribution in [0, 0.1) is 0 Å². The molecule has 1 atom stereocenters. The SMILES string of the molecule is NC(N)=NC(NCCc1cccs1)N1CCCCC1. The normalized spacial score (nSPS) is 18.1. The molecular weight excluding hydrogens is 258 g/mol. The number of likely N-dealkylation sites (tertiary alicyclic amines) is 1. The number of hydrogen-bond acceptors (Lipinski definition) is 4. The van der Waals surface area contributed by atoms with E-state index in [-0.39, 0.29) is 12.2 Å². The first-order chi connectivity index (χ1) is 9.25. The van der Waals surface area contributed by atoms with Crippen LogP contribution in [0.1, 0.15) is 24.1 Å². The van der Waals surface area contributed by atoms with E-state index in [4.69, 9.17) is 11.5 Å². The van der Waals surface area contributed by atoms with Gasteiger partial charge in [-0.1, -0.05) is 12.5 Å². The van der Waals surface area contributed by atoms with E-state index >= 15 is 0 Å². The van der Waals surface area contributed by atoms with Gasteiger partial charge in [0, 0.05) is 24.5 Å². The van der Waals surface area contributed by atoms with Gasteiger partial charge < -0.3 is 11.5 Å². The van der Waals surface area contributed by atoms with Crippen LogP contribution in [0.15, 0.2) is 22.5 Å². The molecule has 5 N–H and O–H groups in total. The molecule has 6 heteroatoms. The summed E-state index contributed by atoms with van der Waals surface area (Å²) in [5, 5.41) is 5.55. The molecule has 0 radical (unpaired) electrons. The fourth-order valence-electron chi connectivity index (χ4n) is 2.34. The van der Waals surface area contributed by atoms with Gasteiger partial charge in [0.15, 0.2) is 12.2 Å². The Morgan fingerprint density at radius 3 is 2.79 bits per heavy atom. The summed E-state index contributed by atoms with van der Waals surface area (Å²) >= 11 is 1.79. The van der Waals surface area contributed by atoms with Crippen LogP contribution in [0.5, 0.6) is 0 Å². The third kappa shape index (κ3) is 4.81. The number of nitrogens with zero attached hydrogens (tertiary/aromatic N) is 2. The second-order valence-electron chi connectivity index (χ2n) is 4.81. The maximum Gasteiger partial charge on any atom is 0.188 e. The van der Waals surface area contributed by atoms with Gasteiger partial charge >= 0.3 is 0 Å². The van der Waals surface area contributed by atoms with Crippen molar-refractivity contribution in [1.82, 2.24) is 10.2 Å². The molecule has 5 nitrogen and oxygen atoms in total. The summed E-state index contributed by atoms with van der Waals surface area (Å²) in [7, 11) is 0. The highest BCUT2D eigenvalue weighted by Gasteiger charge is 2.19. The molecule has 2 heterocycles. The standard InChI is InChI=1S/C13H23N5S/c14-12(15)17-13(18-8-2-1-3-9-18)16-7-6-11-5-4-10-19-11/h4-5,10,13,16H,1-3,6-9H2,(H4,14,15,17). The fraction of sp³-hybridized carbons (Fsp3) is 0.615. The monoisotopic (exact) mass is 281 g/mol. The minimum absolute atomic E-state index is 0.0785. The zero-order chi connectivity index (χ0) is 13.5. The Balaban J connectivity index is 1.84. The number of piperidine rings is 1. The summed E-state index contributed by atoms with van der Waals surface area (Å²) in [6.07, 6.45) is 4.69. The highest BCUT2D eigenvalue weighted by molar-refractivity contribution is 7.09. The predicted molar refractivity (Wildman–Crippen MR) is 81.0 cm³/mol. The molecule has 1 aliphatic rings. The van der Waals surface area contributed by atoms with Crippen molar-refractivity contribution < 1.29 is 0 Å². The van der Waals surface area contributed by atoms with Gasteiger partial charge in [-0.15, -0.1) is 11.3 Å². The molecule has 0 aliphatic carbocycles. The molecule has 19 heavy (non-hydrogen) atoms. The van der Waals surface area contributed by atoms with Gasteiger partial charge in [-0.3, -0.25) is 10.2 Å². The molecule has 1 aliphatic heterocycles. The van der Waals surface area contributed by atoms with Crippen LogP contribution in [0.4, 0.5) is 0 Å². The van der Waals surface area contributed by atoms with E-state index in [1.807, 2.05) is 0 Å². The predicted octanol–water partition coefficient (Wildman–Crippen LogP) is 0.923. The number of thiophene rings is 1. The Morgan fingerprint density at radius 1 is 1.37 bits per heavy atom. The maximum atomic E-state index is 5.53. The van der Waals surface area contributed by atoms with Crippen molar-refractivity contribution in [2.45, 2.75) is 32.0 Å². The lowest BCUT2D eigenvalue weighted by atomic mass is 10.1. The lowest BCUT2D eigenvalue weighted by Gasteiger charge is -2.32. The van der Waals surface area contributed by atoms with E-state index in [0.717, 1.165) is 26.1 Å². The van der Waals surface area contributed by atoms with E-state index in [0.29, 0.717) is 0 Å². The average Bonchev–Trinajstić information content (AvgIpc) is 2.91. The molecular formula is C13H23N5S. The van der Waals surface area contributed by atoms with Gasteiger partial charge in [0.2, 0.25) is 0 Å². The number of guanidine groups is 1. The van der Waals surface area contributed by atoms with Gasteiger partial charge in [0.05, 0.1) is 0 Å². The Morgan fingerprint density at radius 2 is 2.16 bits per heavy atom. The highest BCUT2D eigenvalue weighted by atomic mass is 32.1. The number of nitrogens with one attached hydrogen (secondary N) is 1. The highest BCUT2D eigenvalue weighted by Crippen LogP contribution is 2.12. The van der Waals surface area contributed by atoms with E-state index in [2.05, 4.69) is 32.7 Å². The topological polar surface area (TPSA) is 79.7 Å². The second-order valence-corrected chi connectivity index (χ2v) is 5.84. The quantitative estimate of drug-likeness (QED) is 0.535. The maximum absolute atomic E-state index is 5.53. The summed E-state index contributed by atoms with van der Waals surface area (Å²) in [5.41, 5.74) is 11.1.